The predicted octanol–water partition coefficient (Wildman–Crippen LogP) is 5.82. The van der Waals surface area contributed by atoms with Gasteiger partial charge in [0.25, 0.3) is 0 Å². The maximum atomic E-state index is 13.3. The van der Waals surface area contributed by atoms with Crippen LogP contribution in [0.1, 0.15) is 115 Å². The molecule has 0 aromatic rings. The van der Waals surface area contributed by atoms with E-state index in [1.165, 1.54) is 30.1 Å². The van der Waals surface area contributed by atoms with Crippen LogP contribution in [0.2, 0.25) is 0 Å². The molecular weight excluding hydrogens is 1190 g/mol. The van der Waals surface area contributed by atoms with Crippen LogP contribution in [0.15, 0.2) is 130 Å². The van der Waals surface area contributed by atoms with Gasteiger partial charge in [0, 0.05) is 20.0 Å². The molecule has 0 heterocycles. The lowest BCUT2D eigenvalue weighted by Crippen LogP contribution is -2.47. The number of aldehydes is 1. The molecule has 466 valence electrons. The third kappa shape index (κ3) is 29.0. The highest BCUT2D eigenvalue weighted by Crippen LogP contribution is 2.41. The summed E-state index contributed by atoms with van der Waals surface area (Å²) in [5.41, 5.74) is 6.30. The van der Waals surface area contributed by atoms with Crippen LogP contribution in [0.3, 0.4) is 0 Å². The number of ether oxygens (including phenoxy) is 4. The van der Waals surface area contributed by atoms with Gasteiger partial charge in [0.05, 0.1) is 39.1 Å². The largest absolute Gasteiger partial charge is 0.463 e. The number of hydrogen-bond donors (Lipinski definition) is 9. The van der Waals surface area contributed by atoms with Crippen molar-refractivity contribution >= 4 is 58.8 Å². The second kappa shape index (κ2) is 41.8. The average molecular weight is 1280 g/mol. The van der Waals surface area contributed by atoms with E-state index in [4.69, 9.17) is 42.8 Å². The van der Waals surface area contributed by atoms with Crippen LogP contribution in [0.4, 0.5) is 0 Å². The zero-order valence-electron chi connectivity index (χ0n) is 50.0. The van der Waals surface area contributed by atoms with Gasteiger partial charge in [0.1, 0.15) is 84.7 Å². The normalized spacial score (nSPS) is 21.3. The standard InChI is InChI=1S/C53H69IO14.C7H16O6.C2H6/c1-33(17-12-19-35(3)22-24-40-37(5)29-43(49(61)38(40)6)66-47(59)21-14-28-55)15-10-11-16-34(2)18-13-20-36(4)23-25-41-39(7)50(62)44(30-53(41,8)9)67-48(60)27-26-46(58)65-32-42(57)51(63)52(64)45(31-56)68-54;1-13-3-5(10)7(12)6(11)4(9)2-8;1-2/h10-13,15-20,22-25,28,37,42-45,51-52,56-57,63-64H,14,21,26-27,29-32H2,1-9H3;4-12H,2-3H2,1H3;1-2H3/b11-10+,17-12+,18-13+,24-22+,25-23+,33-15+,34-16+,35-19+,36-20+;;. The van der Waals surface area contributed by atoms with Gasteiger partial charge < -0.3 is 72.8 Å². The van der Waals surface area contributed by atoms with Crippen molar-refractivity contribution in [2.24, 2.45) is 11.3 Å². The molecule has 11 unspecified atom stereocenters. The van der Waals surface area contributed by atoms with Gasteiger partial charge in [-0.2, -0.15) is 0 Å². The van der Waals surface area contributed by atoms with Gasteiger partial charge in [0.2, 0.25) is 0 Å². The van der Waals surface area contributed by atoms with E-state index in [0.717, 1.165) is 33.4 Å². The van der Waals surface area contributed by atoms with E-state index in [2.05, 4.69) is 4.74 Å². The van der Waals surface area contributed by atoms with Crippen LogP contribution in [0, 0.1) is 11.3 Å². The molecule has 2 rings (SSSR count). The minimum absolute atomic E-state index is 0.0251. The van der Waals surface area contributed by atoms with Gasteiger partial charge in [-0.15, -0.1) is 0 Å². The van der Waals surface area contributed by atoms with Gasteiger partial charge >= 0.3 is 17.9 Å². The Morgan fingerprint density at radius 3 is 1.60 bits per heavy atom. The van der Waals surface area contributed by atoms with E-state index in [9.17, 15) is 49.2 Å². The predicted molar refractivity (Wildman–Crippen MR) is 322 cm³/mol. The number of aliphatic hydroxyl groups excluding tert-OH is 9. The van der Waals surface area contributed by atoms with Crippen LogP contribution in [0.5, 0.6) is 0 Å². The number of carbonyl (C=O) groups is 6. The number of allylic oxidation sites excluding steroid dienone is 20. The summed E-state index contributed by atoms with van der Waals surface area (Å²) in [5, 5.41) is 84.0. The Labute approximate surface area is 503 Å². The molecule has 9 N–H and O–H groups in total. The minimum Gasteiger partial charge on any atom is -0.463 e. The van der Waals surface area contributed by atoms with Gasteiger partial charge in [-0.3, -0.25) is 24.0 Å². The lowest BCUT2D eigenvalue weighted by atomic mass is 9.71. The first-order valence-corrected chi connectivity index (χ1v) is 28.3. The van der Waals surface area contributed by atoms with E-state index < -0.39 is 111 Å². The summed E-state index contributed by atoms with van der Waals surface area (Å²) in [7, 11) is 1.32. The molecule has 20 nitrogen and oxygen atoms in total. The SMILES string of the molecule is CC.CC1=C(/C=C/C(C)=C/C=C/C(C)=C/C=C/C=C(C)/C=C/C=C(C)/C=C/C2=C(C)C(=O)C(OC(=O)CCC(=O)OCC(O)C(O)C(O)C(CO)OI)CC2(C)C)C(C)CC(OC(=O)CCC=O)C1=O.COCC(O)C(O)C(O)C(O)CO. The number of carbonyl (C=O) groups excluding carboxylic acids is 6. The van der Waals surface area contributed by atoms with Gasteiger partial charge in [0.15, 0.2) is 23.8 Å². The number of halogens is 1. The number of methoxy groups -OCH3 is 1. The Balaban J connectivity index is 0.00000392. The molecule has 0 saturated heterocycles. The monoisotopic (exact) mass is 1280 g/mol. The summed E-state index contributed by atoms with van der Waals surface area (Å²) in [4.78, 5) is 73.5. The molecule has 0 saturated carbocycles. The maximum Gasteiger partial charge on any atom is 0.307 e. The number of aliphatic hydroxyl groups is 9. The van der Waals surface area contributed by atoms with Gasteiger partial charge in [-0.05, 0) is 81.6 Å². The van der Waals surface area contributed by atoms with Crippen LogP contribution >= 0.6 is 23.0 Å². The molecule has 0 aliphatic heterocycles. The Morgan fingerprint density at radius 2 is 1.08 bits per heavy atom. The van der Waals surface area contributed by atoms with Crippen molar-refractivity contribution in [3.8, 4) is 0 Å². The number of rotatable bonds is 31. The summed E-state index contributed by atoms with van der Waals surface area (Å²) in [6, 6.07) is 0. The summed E-state index contributed by atoms with van der Waals surface area (Å²) in [6.07, 6.45) is 14.0. The zero-order valence-corrected chi connectivity index (χ0v) is 52.1. The molecule has 0 bridgehead atoms. The van der Waals surface area contributed by atoms with Crippen molar-refractivity contribution in [1.82, 2.24) is 0 Å². The highest BCUT2D eigenvalue weighted by molar-refractivity contribution is 14.1. The molecule has 0 aromatic carbocycles. The average Bonchev–Trinajstić information content (AvgIpc) is 3.65. The first-order valence-electron chi connectivity index (χ1n) is 27.4. The van der Waals surface area contributed by atoms with E-state index in [1.54, 1.807) is 13.8 Å². The fourth-order valence-electron chi connectivity index (χ4n) is 8.10. The molecule has 0 spiro atoms. The first-order chi connectivity index (χ1) is 39.1. The van der Waals surface area contributed by atoms with Gasteiger partial charge in [-0.1, -0.05) is 142 Å². The molecule has 0 amide bonds. The highest BCUT2D eigenvalue weighted by Gasteiger charge is 2.40. The van der Waals surface area contributed by atoms with Crippen LogP contribution in [0.25, 0.3) is 0 Å². The van der Waals surface area contributed by atoms with Crippen LogP contribution < -0.4 is 0 Å². The molecule has 2 aliphatic carbocycles. The minimum atomic E-state index is -1.78. The zero-order chi connectivity index (χ0) is 63.6. The Morgan fingerprint density at radius 1 is 0.627 bits per heavy atom. The molecule has 11 atom stereocenters. The van der Waals surface area contributed by atoms with Crippen molar-refractivity contribution in [2.45, 2.75) is 176 Å². The number of Topliss-reactive ketones (excluding diaryl/α,β-unsaturated/α-hetero) is 2. The smallest absolute Gasteiger partial charge is 0.307 e. The summed E-state index contributed by atoms with van der Waals surface area (Å²) >= 11 is 1.43. The first kappa shape index (κ1) is 77.9. The Kier molecular flexibility index (Phi) is 39.2. The van der Waals surface area contributed by atoms with Gasteiger partial charge in [-0.25, -0.2) is 0 Å². The highest BCUT2D eigenvalue weighted by atomic mass is 127. The van der Waals surface area contributed by atoms with E-state index in [1.807, 2.05) is 147 Å². The van der Waals surface area contributed by atoms with E-state index >= 15 is 0 Å². The van der Waals surface area contributed by atoms with E-state index in [0.29, 0.717) is 23.9 Å². The maximum absolute atomic E-state index is 13.3. The van der Waals surface area contributed by atoms with Crippen molar-refractivity contribution in [2.75, 3.05) is 33.5 Å². The molecule has 0 aromatic heterocycles. The summed E-state index contributed by atoms with van der Waals surface area (Å²) in [5.74, 6) is -2.68. The molecule has 83 heavy (non-hydrogen) atoms. The van der Waals surface area contributed by atoms with Crippen molar-refractivity contribution in [3.63, 3.8) is 0 Å². The quantitative estimate of drug-likeness (QED) is 0.0130. The topological polar surface area (TPSA) is 331 Å². The molecule has 21 heteroatoms. The fraction of sp³-hybridized carbons (Fsp3) is 0.548. The fourth-order valence-corrected chi connectivity index (χ4v) is 8.57. The van der Waals surface area contributed by atoms with E-state index in [-0.39, 0.29) is 49.8 Å². The summed E-state index contributed by atoms with van der Waals surface area (Å²) < 4.78 is 25.1. The third-order valence-electron chi connectivity index (χ3n) is 13.0. The molecular formula is C62H91IO20. The third-order valence-corrected chi connectivity index (χ3v) is 13.7. The molecule has 0 radical (unpaired) electrons. The lowest BCUT2D eigenvalue weighted by Gasteiger charge is -2.36. The number of hydrogen-bond acceptors (Lipinski definition) is 20. The Hall–Kier alpha value is -5.15. The van der Waals surface area contributed by atoms with Crippen LogP contribution in [-0.4, -0.2) is 176 Å². The Bertz CT molecular complexity index is 2430. The lowest BCUT2D eigenvalue weighted by molar-refractivity contribution is -0.160. The van der Waals surface area contributed by atoms with Crippen molar-refractivity contribution < 1.29 is 96.7 Å². The number of esters is 3. The molecule has 0 fully saturated rings. The number of ketones is 2. The van der Waals surface area contributed by atoms with Crippen molar-refractivity contribution in [1.29, 1.82) is 0 Å². The summed E-state index contributed by atoms with van der Waals surface area (Å²) in [6.45, 7) is 19.2. The second-order valence-electron chi connectivity index (χ2n) is 20.4. The molecule has 2 aliphatic rings. The second-order valence-corrected chi connectivity index (χ2v) is 21.0. The van der Waals surface area contributed by atoms with Crippen LogP contribution in [-0.2, 0) is 50.8 Å². The van der Waals surface area contributed by atoms with Crippen molar-refractivity contribution in [3.05, 3.63) is 130 Å².